The van der Waals surface area contributed by atoms with Crippen molar-refractivity contribution in [2.24, 2.45) is 0 Å². The number of hydrogen-bond donors (Lipinski definition) is 8. The minimum absolute atomic E-state index is 0.00208. The lowest BCUT2D eigenvalue weighted by atomic mass is 10.5. The highest BCUT2D eigenvalue weighted by Gasteiger charge is 1.97. The molecule has 0 rings (SSSR count). The minimum atomic E-state index is -1.85. The zero-order valence-electron chi connectivity index (χ0n) is 21.4. The second kappa shape index (κ2) is 37.9. The molecule has 0 saturated heterocycles. The van der Waals surface area contributed by atoms with Gasteiger partial charge >= 0.3 is 18.6 Å². The van der Waals surface area contributed by atoms with E-state index in [-0.39, 0.29) is 33.0 Å². The van der Waals surface area contributed by atoms with Gasteiger partial charge in [-0.25, -0.2) is 0 Å². The Hall–Kier alpha value is 0.388. The van der Waals surface area contributed by atoms with E-state index in [2.05, 4.69) is 4.43 Å². The fraction of sp³-hybridized carbons (Fsp3) is 1.00. The van der Waals surface area contributed by atoms with Gasteiger partial charge in [0.2, 0.25) is 0 Å². The van der Waals surface area contributed by atoms with Crippen LogP contribution < -0.4 is 0 Å². The SMILES string of the molecule is C[SiH](O)CCCOCCO.C[SiH](O)CCOCCO.C[SiH](O)OCCCO.C[SiH](O)OCCO. The van der Waals surface area contributed by atoms with Gasteiger partial charge in [0.15, 0.2) is 18.1 Å². The lowest BCUT2D eigenvalue weighted by Crippen LogP contribution is -2.14. The molecule has 0 aliphatic heterocycles. The first kappa shape index (κ1) is 41.5. The first-order valence-corrected chi connectivity index (χ1v) is 20.9. The topological polar surface area (TPSA) is 199 Å². The maximum atomic E-state index is 8.94. The fourth-order valence-corrected chi connectivity index (χ4v) is 3.83. The number of hydrogen-bond acceptors (Lipinski definition) is 12. The summed E-state index contributed by atoms with van der Waals surface area (Å²) in [6.07, 6.45) is 1.54. The summed E-state index contributed by atoms with van der Waals surface area (Å²) in [5.41, 5.74) is 0. The largest absolute Gasteiger partial charge is 0.435 e. The smallest absolute Gasteiger partial charge is 0.315 e. The van der Waals surface area contributed by atoms with E-state index < -0.39 is 36.6 Å². The first-order chi connectivity index (χ1) is 16.1. The van der Waals surface area contributed by atoms with Crippen molar-refractivity contribution in [1.29, 1.82) is 0 Å². The molecule has 16 heteroatoms. The number of rotatable bonds is 18. The molecule has 0 bridgehead atoms. The molecule has 12 nitrogen and oxygen atoms in total. The quantitative estimate of drug-likeness (QED) is 0.0618. The molecule has 0 radical (unpaired) electrons. The molecule has 0 aromatic carbocycles. The van der Waals surface area contributed by atoms with E-state index >= 15 is 0 Å². The van der Waals surface area contributed by atoms with Crippen LogP contribution in [0.3, 0.4) is 0 Å². The standard InChI is InChI=1S/C6H16O3Si.C5H14O3Si.C4H12O3Si.C3H10O3Si/c1-10(8)6-2-4-9-5-3-7;1-9(7)5-4-8-3-2-6;1-8(6)7-4-2-3-5;1-7(5)6-3-2-4/h7-8,10H,2-6H2,1H3;6-7,9H,2-5H2,1H3;5-6,8H,2-4H2,1H3;4-5,7H,2-3H2,1H3. The number of aliphatic hydroxyl groups is 4. The Morgan fingerprint density at radius 3 is 1.26 bits per heavy atom. The molecule has 4 atom stereocenters. The van der Waals surface area contributed by atoms with E-state index in [4.69, 9.17) is 53.5 Å². The van der Waals surface area contributed by atoms with Crippen LogP contribution in [0.5, 0.6) is 0 Å². The zero-order valence-corrected chi connectivity index (χ0v) is 26.0. The lowest BCUT2D eigenvalue weighted by molar-refractivity contribution is 0.0925. The Labute approximate surface area is 211 Å². The third kappa shape index (κ3) is 63.7. The highest BCUT2D eigenvalue weighted by molar-refractivity contribution is 6.48. The van der Waals surface area contributed by atoms with E-state index in [1.54, 1.807) is 13.1 Å². The van der Waals surface area contributed by atoms with Gasteiger partial charge in [-0.3, -0.25) is 0 Å². The normalized spacial score (nSPS) is 13.8. The summed E-state index contributed by atoms with van der Waals surface area (Å²) in [4.78, 5) is 34.9. The third-order valence-electron chi connectivity index (χ3n) is 3.17. The summed E-state index contributed by atoms with van der Waals surface area (Å²) < 4.78 is 19.4. The molecule has 0 spiro atoms. The number of ether oxygens (including phenoxy) is 2. The molecule has 0 aromatic heterocycles. The molecule has 212 valence electrons. The molecule has 8 N–H and O–H groups in total. The maximum Gasteiger partial charge on any atom is 0.315 e. The Balaban J connectivity index is -0.000000178. The molecule has 0 aliphatic carbocycles. The van der Waals surface area contributed by atoms with E-state index in [9.17, 15) is 0 Å². The minimum Gasteiger partial charge on any atom is -0.435 e. The van der Waals surface area contributed by atoms with E-state index in [1.165, 1.54) is 0 Å². The van der Waals surface area contributed by atoms with Crippen molar-refractivity contribution >= 4 is 36.6 Å². The molecular formula is C18H52O12Si4. The molecule has 0 aliphatic rings. The Bertz CT molecular complexity index is 333. The van der Waals surface area contributed by atoms with Crippen molar-refractivity contribution in [2.45, 2.75) is 51.1 Å². The van der Waals surface area contributed by atoms with Crippen molar-refractivity contribution in [3.05, 3.63) is 0 Å². The highest BCUT2D eigenvalue weighted by Crippen LogP contribution is 1.94. The van der Waals surface area contributed by atoms with Crippen LogP contribution >= 0.6 is 0 Å². The molecule has 0 saturated carbocycles. The molecule has 0 amide bonds. The summed E-state index contributed by atoms with van der Waals surface area (Å²) in [6, 6.07) is 1.69. The van der Waals surface area contributed by atoms with E-state index in [1.807, 2.05) is 13.1 Å². The predicted octanol–water partition coefficient (Wildman–Crippen LogP) is -2.86. The van der Waals surface area contributed by atoms with Crippen molar-refractivity contribution < 1.29 is 57.9 Å². The van der Waals surface area contributed by atoms with Gasteiger partial charge in [0, 0.05) is 26.4 Å². The van der Waals surface area contributed by atoms with Crippen LogP contribution in [0.1, 0.15) is 12.8 Å². The Morgan fingerprint density at radius 1 is 0.471 bits per heavy atom. The highest BCUT2D eigenvalue weighted by atomic mass is 28.3. The van der Waals surface area contributed by atoms with Crippen LogP contribution in [0.2, 0.25) is 38.3 Å². The van der Waals surface area contributed by atoms with Crippen molar-refractivity contribution in [2.75, 3.05) is 66.1 Å². The summed E-state index contributed by atoms with van der Waals surface area (Å²) in [6.45, 7) is 10.2. The molecule has 34 heavy (non-hydrogen) atoms. The second-order valence-corrected chi connectivity index (χ2v) is 14.7. The Morgan fingerprint density at radius 2 is 0.912 bits per heavy atom. The average molecular weight is 573 g/mol. The van der Waals surface area contributed by atoms with Crippen LogP contribution in [0, 0.1) is 0 Å². The predicted molar refractivity (Wildman–Crippen MR) is 142 cm³/mol. The first-order valence-electron chi connectivity index (χ1n) is 11.6. The number of aliphatic hydroxyl groups excluding tert-OH is 4. The summed E-state index contributed by atoms with van der Waals surface area (Å²) in [7, 11) is -6.45. The maximum absolute atomic E-state index is 8.94. The molecular weight excluding hydrogens is 521 g/mol. The van der Waals surface area contributed by atoms with Gasteiger partial charge in [0.05, 0.1) is 39.6 Å². The third-order valence-corrected chi connectivity index (χ3v) is 6.92. The van der Waals surface area contributed by atoms with Crippen molar-refractivity contribution in [1.82, 2.24) is 0 Å². The van der Waals surface area contributed by atoms with Gasteiger partial charge in [-0.1, -0.05) is 0 Å². The fourth-order valence-electron chi connectivity index (χ4n) is 1.61. The average Bonchev–Trinajstić information content (AvgIpc) is 2.76. The van der Waals surface area contributed by atoms with Crippen LogP contribution in [-0.2, 0) is 18.3 Å². The summed E-state index contributed by atoms with van der Waals surface area (Å²) in [5, 5.41) is 32.9. The molecule has 0 aromatic rings. The monoisotopic (exact) mass is 572 g/mol. The Kier molecular flexibility index (Phi) is 46.3. The van der Waals surface area contributed by atoms with Crippen molar-refractivity contribution in [3.63, 3.8) is 0 Å². The van der Waals surface area contributed by atoms with Gasteiger partial charge in [-0.15, -0.1) is 0 Å². The van der Waals surface area contributed by atoms with Crippen molar-refractivity contribution in [3.8, 4) is 0 Å². The van der Waals surface area contributed by atoms with Gasteiger partial charge in [0.25, 0.3) is 0 Å². The lowest BCUT2D eigenvalue weighted by Gasteiger charge is -2.02. The van der Waals surface area contributed by atoms with E-state index in [0.29, 0.717) is 39.5 Å². The van der Waals surface area contributed by atoms with Crippen LogP contribution in [0.25, 0.3) is 0 Å². The van der Waals surface area contributed by atoms with Gasteiger partial charge in [-0.05, 0) is 51.1 Å². The molecule has 0 heterocycles. The van der Waals surface area contributed by atoms with Crippen LogP contribution in [-0.4, -0.2) is 142 Å². The molecule has 4 unspecified atom stereocenters. The second-order valence-electron chi connectivity index (χ2n) is 7.04. The van der Waals surface area contributed by atoms with Gasteiger partial charge in [0.1, 0.15) is 0 Å². The van der Waals surface area contributed by atoms with Gasteiger partial charge in [-0.2, -0.15) is 0 Å². The zero-order chi connectivity index (χ0) is 27.0. The van der Waals surface area contributed by atoms with Crippen LogP contribution in [0.4, 0.5) is 0 Å². The van der Waals surface area contributed by atoms with Crippen LogP contribution in [0.15, 0.2) is 0 Å². The molecule has 0 fully saturated rings. The van der Waals surface area contributed by atoms with Gasteiger partial charge < -0.3 is 57.9 Å². The summed E-state index contributed by atoms with van der Waals surface area (Å²) >= 11 is 0. The van der Waals surface area contributed by atoms with E-state index in [0.717, 1.165) is 18.5 Å². The summed E-state index contributed by atoms with van der Waals surface area (Å²) in [5.74, 6) is 0.